The molecule has 0 saturated carbocycles. The summed E-state index contributed by atoms with van der Waals surface area (Å²) in [5.41, 5.74) is 7.17. The van der Waals surface area contributed by atoms with E-state index in [-0.39, 0.29) is 11.6 Å². The van der Waals surface area contributed by atoms with Gasteiger partial charge >= 0.3 is 0 Å². The Morgan fingerprint density at radius 3 is 2.75 bits per heavy atom. The number of nitrogens with one attached hydrogen (secondary N) is 2. The number of nitrogens with two attached hydrogens (primary N) is 1. The van der Waals surface area contributed by atoms with Crippen LogP contribution in [0.5, 0.6) is 0 Å². The van der Waals surface area contributed by atoms with E-state index in [2.05, 4.69) is 15.5 Å². The molecule has 16 heavy (non-hydrogen) atoms. The normalized spacial score (nSPS) is 10.0. The number of nitrogen functional groups attached to an aromatic ring is 1. The molecule has 82 valence electrons. The maximum absolute atomic E-state index is 11.6. The molecular weight excluding hydrogens is 204 g/mol. The van der Waals surface area contributed by atoms with Crippen LogP contribution in [0.25, 0.3) is 0 Å². The van der Waals surface area contributed by atoms with Crippen molar-refractivity contribution in [2.24, 2.45) is 0 Å². The van der Waals surface area contributed by atoms with Gasteiger partial charge in [-0.25, -0.2) is 0 Å². The highest BCUT2D eigenvalue weighted by Crippen LogP contribution is 2.06. The average Bonchev–Trinajstić information content (AvgIpc) is 2.74. The number of carbonyl (C=O) groups is 1. The smallest absolute Gasteiger partial charge is 0.274 e. The lowest BCUT2D eigenvalue weighted by Crippen LogP contribution is -2.24. The molecule has 0 atom stereocenters. The number of nitrogens with zero attached hydrogens (tertiary/aromatic N) is 1. The van der Waals surface area contributed by atoms with Gasteiger partial charge in [0.2, 0.25) is 0 Å². The van der Waals surface area contributed by atoms with E-state index in [1.807, 2.05) is 30.3 Å². The third kappa shape index (κ3) is 2.20. The van der Waals surface area contributed by atoms with Crippen molar-refractivity contribution in [3.63, 3.8) is 0 Å². The molecule has 1 aromatic carbocycles. The Labute approximate surface area is 92.7 Å². The Morgan fingerprint density at radius 2 is 2.12 bits per heavy atom. The van der Waals surface area contributed by atoms with E-state index < -0.39 is 0 Å². The van der Waals surface area contributed by atoms with Crippen molar-refractivity contribution in [1.29, 1.82) is 0 Å². The summed E-state index contributed by atoms with van der Waals surface area (Å²) in [5, 5.41) is 9.05. The van der Waals surface area contributed by atoms with Gasteiger partial charge in [-0.2, -0.15) is 5.10 Å². The van der Waals surface area contributed by atoms with Crippen LogP contribution < -0.4 is 11.1 Å². The minimum absolute atomic E-state index is 0.232. The average molecular weight is 216 g/mol. The minimum atomic E-state index is -0.275. The molecule has 0 radical (unpaired) electrons. The number of hydrogen-bond acceptors (Lipinski definition) is 3. The molecule has 5 nitrogen and oxygen atoms in total. The van der Waals surface area contributed by atoms with Crippen molar-refractivity contribution in [2.75, 3.05) is 5.73 Å². The number of aromatic amines is 1. The maximum Gasteiger partial charge on any atom is 0.274 e. The molecule has 1 amide bonds. The van der Waals surface area contributed by atoms with Gasteiger partial charge in [0.1, 0.15) is 0 Å². The number of hydrogen-bond donors (Lipinski definition) is 3. The highest BCUT2D eigenvalue weighted by molar-refractivity contribution is 5.96. The second-order valence-corrected chi connectivity index (χ2v) is 3.36. The summed E-state index contributed by atoms with van der Waals surface area (Å²) in [6.07, 6.45) is 1.48. The SMILES string of the molecule is Nc1c[nH]nc1C(=O)NCc1ccccc1. The van der Waals surface area contributed by atoms with E-state index in [1.54, 1.807) is 0 Å². The summed E-state index contributed by atoms with van der Waals surface area (Å²) in [5.74, 6) is -0.275. The van der Waals surface area contributed by atoms with Gasteiger partial charge in [0.15, 0.2) is 5.69 Å². The maximum atomic E-state index is 11.6. The number of H-pyrrole nitrogens is 1. The Balaban J connectivity index is 1.97. The quantitative estimate of drug-likeness (QED) is 0.713. The van der Waals surface area contributed by atoms with E-state index in [1.165, 1.54) is 6.20 Å². The van der Waals surface area contributed by atoms with E-state index in [4.69, 9.17) is 5.73 Å². The van der Waals surface area contributed by atoms with Crippen molar-refractivity contribution in [1.82, 2.24) is 15.5 Å². The summed E-state index contributed by atoms with van der Waals surface area (Å²) in [6, 6.07) is 9.65. The molecule has 0 saturated heterocycles. The molecular formula is C11H12N4O. The number of rotatable bonds is 3. The van der Waals surface area contributed by atoms with Gasteiger partial charge in [0.05, 0.1) is 5.69 Å². The minimum Gasteiger partial charge on any atom is -0.396 e. The molecule has 0 aliphatic carbocycles. The van der Waals surface area contributed by atoms with Gasteiger partial charge in [-0.05, 0) is 5.56 Å². The molecule has 0 aliphatic rings. The Morgan fingerprint density at radius 1 is 1.38 bits per heavy atom. The molecule has 0 aliphatic heterocycles. The van der Waals surface area contributed by atoms with Gasteiger partial charge in [-0.3, -0.25) is 9.89 Å². The molecule has 5 heteroatoms. The van der Waals surface area contributed by atoms with Crippen LogP contribution in [-0.2, 0) is 6.54 Å². The first-order valence-corrected chi connectivity index (χ1v) is 4.89. The molecule has 1 heterocycles. The van der Waals surface area contributed by atoms with Crippen LogP contribution in [0.3, 0.4) is 0 Å². The fraction of sp³-hybridized carbons (Fsp3) is 0.0909. The Hall–Kier alpha value is -2.30. The lowest BCUT2D eigenvalue weighted by molar-refractivity contribution is 0.0947. The molecule has 2 aromatic rings. The zero-order valence-electron chi connectivity index (χ0n) is 8.60. The van der Waals surface area contributed by atoms with Crippen molar-refractivity contribution >= 4 is 11.6 Å². The van der Waals surface area contributed by atoms with Crippen LogP contribution in [0.4, 0.5) is 5.69 Å². The monoisotopic (exact) mass is 216 g/mol. The molecule has 0 spiro atoms. The van der Waals surface area contributed by atoms with Crippen LogP contribution in [0.2, 0.25) is 0 Å². The van der Waals surface area contributed by atoms with Crippen LogP contribution in [0, 0.1) is 0 Å². The largest absolute Gasteiger partial charge is 0.396 e. The summed E-state index contributed by atoms with van der Waals surface area (Å²) in [7, 11) is 0. The van der Waals surface area contributed by atoms with E-state index in [0.29, 0.717) is 12.2 Å². The molecule has 2 rings (SSSR count). The lowest BCUT2D eigenvalue weighted by atomic mass is 10.2. The predicted octanol–water partition coefficient (Wildman–Crippen LogP) is 0.922. The number of anilines is 1. The standard InChI is InChI=1S/C11H12N4O/c12-9-7-14-15-10(9)11(16)13-6-8-4-2-1-3-5-8/h1-5,7H,6,12H2,(H,13,16)(H,14,15). The van der Waals surface area contributed by atoms with Crippen LogP contribution >= 0.6 is 0 Å². The fourth-order valence-corrected chi connectivity index (χ4v) is 1.34. The third-order valence-corrected chi connectivity index (χ3v) is 2.18. The summed E-state index contributed by atoms with van der Waals surface area (Å²) in [4.78, 5) is 11.6. The number of benzene rings is 1. The number of carbonyl (C=O) groups excluding carboxylic acids is 1. The molecule has 0 bridgehead atoms. The summed E-state index contributed by atoms with van der Waals surface area (Å²) < 4.78 is 0. The summed E-state index contributed by atoms with van der Waals surface area (Å²) >= 11 is 0. The first kappa shape index (κ1) is 10.2. The number of amides is 1. The van der Waals surface area contributed by atoms with Crippen molar-refractivity contribution in [3.05, 3.63) is 47.8 Å². The van der Waals surface area contributed by atoms with E-state index in [0.717, 1.165) is 5.56 Å². The van der Waals surface area contributed by atoms with Gasteiger partial charge in [-0.1, -0.05) is 30.3 Å². The Kier molecular flexibility index (Phi) is 2.86. The second-order valence-electron chi connectivity index (χ2n) is 3.36. The zero-order valence-corrected chi connectivity index (χ0v) is 8.60. The van der Waals surface area contributed by atoms with E-state index in [9.17, 15) is 4.79 Å². The number of aromatic nitrogens is 2. The van der Waals surface area contributed by atoms with Gasteiger partial charge in [0, 0.05) is 12.7 Å². The van der Waals surface area contributed by atoms with Gasteiger partial charge < -0.3 is 11.1 Å². The van der Waals surface area contributed by atoms with Crippen molar-refractivity contribution < 1.29 is 4.79 Å². The molecule has 1 aromatic heterocycles. The van der Waals surface area contributed by atoms with Gasteiger partial charge in [0.25, 0.3) is 5.91 Å². The highest BCUT2D eigenvalue weighted by Gasteiger charge is 2.11. The first-order valence-electron chi connectivity index (χ1n) is 4.89. The topological polar surface area (TPSA) is 83.8 Å². The van der Waals surface area contributed by atoms with Crippen LogP contribution in [-0.4, -0.2) is 16.1 Å². The molecule has 4 N–H and O–H groups in total. The Bertz CT molecular complexity index is 478. The van der Waals surface area contributed by atoms with Crippen molar-refractivity contribution in [3.8, 4) is 0 Å². The van der Waals surface area contributed by atoms with Gasteiger partial charge in [-0.15, -0.1) is 0 Å². The lowest BCUT2D eigenvalue weighted by Gasteiger charge is -2.03. The summed E-state index contributed by atoms with van der Waals surface area (Å²) in [6.45, 7) is 0.464. The molecule has 0 unspecified atom stereocenters. The fourth-order valence-electron chi connectivity index (χ4n) is 1.34. The highest BCUT2D eigenvalue weighted by atomic mass is 16.1. The van der Waals surface area contributed by atoms with Crippen LogP contribution in [0.1, 0.15) is 16.1 Å². The predicted molar refractivity (Wildman–Crippen MR) is 60.6 cm³/mol. The first-order chi connectivity index (χ1) is 7.77. The van der Waals surface area contributed by atoms with E-state index >= 15 is 0 Å². The van der Waals surface area contributed by atoms with Crippen LogP contribution in [0.15, 0.2) is 36.5 Å². The molecule has 0 fully saturated rings. The van der Waals surface area contributed by atoms with Crippen molar-refractivity contribution in [2.45, 2.75) is 6.54 Å². The second kappa shape index (κ2) is 4.48. The zero-order chi connectivity index (χ0) is 11.4. The third-order valence-electron chi connectivity index (χ3n) is 2.18.